The van der Waals surface area contributed by atoms with E-state index in [4.69, 9.17) is 0 Å². The third-order valence-electron chi connectivity index (χ3n) is 6.53. The normalized spacial score (nSPS) is 20.6. The van der Waals surface area contributed by atoms with Gasteiger partial charge in [0.1, 0.15) is 0 Å². The van der Waals surface area contributed by atoms with Gasteiger partial charge in [0.05, 0.1) is 5.41 Å². The van der Waals surface area contributed by atoms with Crippen LogP contribution in [0.15, 0.2) is 35.3 Å². The predicted octanol–water partition coefficient (Wildman–Crippen LogP) is 2.92. The number of carbonyl (C=O) groups excluding carboxylic acids is 1. The van der Waals surface area contributed by atoms with Crippen LogP contribution in [-0.2, 0) is 10.2 Å². The highest BCUT2D eigenvalue weighted by atomic mass is 16.2. The minimum atomic E-state index is -0.283. The fourth-order valence-electron chi connectivity index (χ4n) is 4.68. The molecule has 2 N–H and O–H groups in total. The molecule has 0 saturated heterocycles. The molecule has 27 heavy (non-hydrogen) atoms. The fourth-order valence-corrected chi connectivity index (χ4v) is 4.68. The number of hydrogen-bond acceptors (Lipinski definition) is 2. The van der Waals surface area contributed by atoms with Crippen molar-refractivity contribution in [2.75, 3.05) is 34.2 Å². The SMILES string of the molecule is CN=C(NCC1(C(=O)N(C)C)CCCC1)NCC1(c2ccccc2)CCC1. The van der Waals surface area contributed by atoms with Crippen molar-refractivity contribution in [1.29, 1.82) is 0 Å². The Morgan fingerprint density at radius 1 is 1.00 bits per heavy atom. The molecule has 0 radical (unpaired) electrons. The van der Waals surface area contributed by atoms with E-state index in [9.17, 15) is 4.79 Å². The second kappa shape index (κ2) is 8.32. The minimum Gasteiger partial charge on any atom is -0.356 e. The lowest BCUT2D eigenvalue weighted by Gasteiger charge is -2.43. The van der Waals surface area contributed by atoms with Crippen molar-refractivity contribution >= 4 is 11.9 Å². The van der Waals surface area contributed by atoms with E-state index in [1.54, 1.807) is 11.9 Å². The third kappa shape index (κ3) is 4.12. The average molecular weight is 371 g/mol. The van der Waals surface area contributed by atoms with Gasteiger partial charge in [-0.15, -0.1) is 0 Å². The summed E-state index contributed by atoms with van der Waals surface area (Å²) in [5.74, 6) is 1.04. The molecule has 0 unspecified atom stereocenters. The summed E-state index contributed by atoms with van der Waals surface area (Å²) in [6, 6.07) is 10.8. The van der Waals surface area contributed by atoms with E-state index in [0.29, 0.717) is 6.54 Å². The van der Waals surface area contributed by atoms with Crippen molar-refractivity contribution in [3.8, 4) is 0 Å². The lowest BCUT2D eigenvalue weighted by Crippen LogP contribution is -2.52. The zero-order valence-corrected chi connectivity index (χ0v) is 17.1. The van der Waals surface area contributed by atoms with Gasteiger partial charge in [0.15, 0.2) is 5.96 Å². The maximum Gasteiger partial charge on any atom is 0.230 e. The molecule has 5 heteroatoms. The Morgan fingerprint density at radius 2 is 1.63 bits per heavy atom. The van der Waals surface area contributed by atoms with Gasteiger partial charge >= 0.3 is 0 Å². The topological polar surface area (TPSA) is 56.7 Å². The van der Waals surface area contributed by atoms with Crippen LogP contribution in [0.2, 0.25) is 0 Å². The highest BCUT2D eigenvalue weighted by Gasteiger charge is 2.42. The first kappa shape index (κ1) is 19.7. The molecule has 2 aliphatic rings. The van der Waals surface area contributed by atoms with Gasteiger partial charge in [0.25, 0.3) is 0 Å². The van der Waals surface area contributed by atoms with Gasteiger partial charge in [-0.1, -0.05) is 49.6 Å². The Morgan fingerprint density at radius 3 is 2.15 bits per heavy atom. The minimum absolute atomic E-state index is 0.212. The number of hydrogen-bond donors (Lipinski definition) is 2. The first-order valence-electron chi connectivity index (χ1n) is 10.2. The van der Waals surface area contributed by atoms with Gasteiger partial charge in [-0.25, -0.2) is 0 Å². The molecule has 0 atom stereocenters. The molecule has 1 aromatic carbocycles. The van der Waals surface area contributed by atoms with E-state index in [1.165, 1.54) is 24.8 Å². The molecule has 0 aromatic heterocycles. The predicted molar refractivity (Wildman–Crippen MR) is 111 cm³/mol. The number of nitrogens with zero attached hydrogens (tertiary/aromatic N) is 2. The highest BCUT2D eigenvalue weighted by Crippen LogP contribution is 2.43. The largest absolute Gasteiger partial charge is 0.356 e. The quantitative estimate of drug-likeness (QED) is 0.598. The van der Waals surface area contributed by atoms with Crippen molar-refractivity contribution in [2.24, 2.45) is 10.4 Å². The number of amides is 1. The van der Waals surface area contributed by atoms with Crippen LogP contribution in [0.25, 0.3) is 0 Å². The van der Waals surface area contributed by atoms with Crippen molar-refractivity contribution in [3.63, 3.8) is 0 Å². The summed E-state index contributed by atoms with van der Waals surface area (Å²) >= 11 is 0. The molecule has 1 amide bonds. The maximum atomic E-state index is 12.8. The van der Waals surface area contributed by atoms with Gasteiger partial charge in [-0.2, -0.15) is 0 Å². The monoisotopic (exact) mass is 370 g/mol. The van der Waals surface area contributed by atoms with Crippen molar-refractivity contribution in [1.82, 2.24) is 15.5 Å². The van der Waals surface area contributed by atoms with E-state index in [1.807, 2.05) is 14.1 Å². The van der Waals surface area contributed by atoms with Crippen LogP contribution < -0.4 is 10.6 Å². The first-order chi connectivity index (χ1) is 13.0. The molecule has 2 saturated carbocycles. The molecule has 0 aliphatic heterocycles. The zero-order valence-electron chi connectivity index (χ0n) is 17.1. The molecule has 2 fully saturated rings. The summed E-state index contributed by atoms with van der Waals surface area (Å²) in [6.07, 6.45) is 7.88. The zero-order chi connectivity index (χ0) is 19.3. The number of rotatable bonds is 6. The van der Waals surface area contributed by atoms with Crippen LogP contribution in [0, 0.1) is 5.41 Å². The molecule has 5 nitrogen and oxygen atoms in total. The molecule has 3 rings (SSSR count). The molecular weight excluding hydrogens is 336 g/mol. The van der Waals surface area contributed by atoms with Crippen LogP contribution in [0.1, 0.15) is 50.5 Å². The molecule has 0 spiro atoms. The van der Waals surface area contributed by atoms with Gasteiger partial charge in [-0.05, 0) is 31.2 Å². The van der Waals surface area contributed by atoms with Crippen molar-refractivity contribution in [2.45, 2.75) is 50.4 Å². The van der Waals surface area contributed by atoms with Crippen molar-refractivity contribution < 1.29 is 4.79 Å². The Hall–Kier alpha value is -2.04. The number of aliphatic imine (C=N–C) groups is 1. The highest BCUT2D eigenvalue weighted by molar-refractivity contribution is 5.85. The van der Waals surface area contributed by atoms with Crippen LogP contribution in [0.5, 0.6) is 0 Å². The Bertz CT molecular complexity index is 658. The number of carbonyl (C=O) groups is 1. The van der Waals surface area contributed by atoms with Crippen LogP contribution in [-0.4, -0.2) is 51.0 Å². The van der Waals surface area contributed by atoms with Crippen LogP contribution >= 0.6 is 0 Å². The summed E-state index contributed by atoms with van der Waals surface area (Å²) in [7, 11) is 5.52. The van der Waals surface area contributed by atoms with Gasteiger partial charge in [0, 0.05) is 39.6 Å². The molecule has 1 aromatic rings. The molecule has 2 aliphatic carbocycles. The summed E-state index contributed by atoms with van der Waals surface area (Å²) < 4.78 is 0. The standard InChI is InChI=1S/C22H34N4O/c1-23-20(25-17-22(12-7-8-13-22)19(27)26(2)3)24-16-21(14-9-15-21)18-10-5-4-6-11-18/h4-6,10-11H,7-9,12-17H2,1-3H3,(H2,23,24,25). The van der Waals surface area contributed by atoms with Gasteiger partial charge in [-0.3, -0.25) is 9.79 Å². The number of guanidine groups is 1. The summed E-state index contributed by atoms with van der Waals surface area (Å²) in [4.78, 5) is 18.9. The van der Waals surface area contributed by atoms with E-state index in [-0.39, 0.29) is 16.7 Å². The molecule has 0 bridgehead atoms. The second-order valence-electron chi connectivity index (χ2n) is 8.47. The first-order valence-corrected chi connectivity index (χ1v) is 10.2. The Kier molecular flexibility index (Phi) is 6.08. The lowest BCUT2D eigenvalue weighted by atomic mass is 9.64. The summed E-state index contributed by atoms with van der Waals surface area (Å²) in [6.45, 7) is 1.54. The van der Waals surface area contributed by atoms with Crippen LogP contribution in [0.4, 0.5) is 0 Å². The van der Waals surface area contributed by atoms with E-state index >= 15 is 0 Å². The second-order valence-corrected chi connectivity index (χ2v) is 8.47. The van der Waals surface area contributed by atoms with E-state index < -0.39 is 0 Å². The molecule has 0 heterocycles. The smallest absolute Gasteiger partial charge is 0.230 e. The number of benzene rings is 1. The Balaban J connectivity index is 1.60. The van der Waals surface area contributed by atoms with E-state index in [2.05, 4.69) is 46.0 Å². The average Bonchev–Trinajstić information content (AvgIpc) is 3.13. The maximum absolute atomic E-state index is 12.8. The molecular formula is C22H34N4O. The fraction of sp³-hybridized carbons (Fsp3) is 0.636. The van der Waals surface area contributed by atoms with Gasteiger partial charge in [0.2, 0.25) is 5.91 Å². The summed E-state index contributed by atoms with van der Waals surface area (Å²) in [5.41, 5.74) is 1.34. The Labute approximate surface area is 163 Å². The van der Waals surface area contributed by atoms with Crippen molar-refractivity contribution in [3.05, 3.63) is 35.9 Å². The van der Waals surface area contributed by atoms with Gasteiger partial charge < -0.3 is 15.5 Å². The van der Waals surface area contributed by atoms with Crippen LogP contribution in [0.3, 0.4) is 0 Å². The number of nitrogens with one attached hydrogen (secondary N) is 2. The van der Waals surface area contributed by atoms with E-state index in [0.717, 1.165) is 38.2 Å². The third-order valence-corrected chi connectivity index (χ3v) is 6.53. The lowest BCUT2D eigenvalue weighted by molar-refractivity contribution is -0.138. The summed E-state index contributed by atoms with van der Waals surface area (Å²) in [5, 5.41) is 6.99. The molecule has 148 valence electrons.